The van der Waals surface area contributed by atoms with Crippen molar-refractivity contribution in [1.29, 1.82) is 5.41 Å². The van der Waals surface area contributed by atoms with Crippen LogP contribution in [0.4, 0.5) is 5.69 Å². The Hall–Kier alpha value is -4.22. The van der Waals surface area contributed by atoms with Gasteiger partial charge in [-0.15, -0.1) is 11.3 Å². The zero-order valence-electron chi connectivity index (χ0n) is 21.6. The highest BCUT2D eigenvalue weighted by Gasteiger charge is 2.30. The smallest absolute Gasteiger partial charge is 0.369 e. The van der Waals surface area contributed by atoms with Crippen LogP contribution in [-0.2, 0) is 14.3 Å². The highest BCUT2D eigenvalue weighted by Crippen LogP contribution is 2.37. The standard InChI is InChI=1S/C24H29N7O8S/c1-38-9-8-27-22(34)23-29-16(11-40-23)13-4-3-5-14(19(13)39-2)28-15(18(26)21(33)31-24(35,36)37)10-17(25)30-20(32)12-6-7-12/h3-5,10-12,26,28,35-37H,6-9H2,1-2H3,(H,27,34)(H,31,33)(H2,25,30,32)/b15-10+,26-18?. The van der Waals surface area contributed by atoms with Crippen LogP contribution in [0.1, 0.15) is 22.6 Å². The molecule has 214 valence electrons. The molecule has 3 amide bonds. The second kappa shape index (κ2) is 13.2. The number of hydrogen-bond acceptors (Lipinski definition) is 12. The summed E-state index contributed by atoms with van der Waals surface area (Å²) < 4.78 is 10.5. The SMILES string of the molecule is COCCNC(=O)c1nc(-c2cccc(N/C(=C/C(N)=NC(=O)C3CC3)C(=N)C(=O)NC(O)(O)O)c2OC)cs1. The minimum Gasteiger partial charge on any atom is -0.494 e. The van der Waals surface area contributed by atoms with Crippen molar-refractivity contribution < 1.29 is 39.2 Å². The van der Waals surface area contributed by atoms with E-state index in [0.717, 1.165) is 17.4 Å². The zero-order valence-corrected chi connectivity index (χ0v) is 22.4. The van der Waals surface area contributed by atoms with E-state index in [-0.39, 0.29) is 39.8 Å². The lowest BCUT2D eigenvalue weighted by molar-refractivity contribution is -0.325. The number of thiazole rings is 1. The fraction of sp³-hybridized carbons (Fsp3) is 0.333. The van der Waals surface area contributed by atoms with Crippen molar-refractivity contribution in [2.24, 2.45) is 16.6 Å². The van der Waals surface area contributed by atoms with Gasteiger partial charge in [-0.05, 0) is 25.0 Å². The van der Waals surface area contributed by atoms with E-state index in [0.29, 0.717) is 37.3 Å². The largest absolute Gasteiger partial charge is 0.494 e. The Morgan fingerprint density at radius 1 is 1.27 bits per heavy atom. The molecular weight excluding hydrogens is 546 g/mol. The molecule has 1 aromatic heterocycles. The molecule has 1 aliphatic rings. The quantitative estimate of drug-likeness (QED) is 0.0655. The molecule has 0 atom stereocenters. The van der Waals surface area contributed by atoms with Crippen LogP contribution in [-0.4, -0.2) is 83.0 Å². The number of amidine groups is 1. The number of methoxy groups -OCH3 is 2. The maximum absolute atomic E-state index is 12.4. The summed E-state index contributed by atoms with van der Waals surface area (Å²) in [4.78, 5) is 45.0. The van der Waals surface area contributed by atoms with E-state index in [9.17, 15) is 14.4 Å². The Kier molecular flexibility index (Phi) is 10.0. The van der Waals surface area contributed by atoms with Crippen LogP contribution in [0.3, 0.4) is 0 Å². The fourth-order valence-electron chi connectivity index (χ4n) is 3.28. The average molecular weight is 576 g/mol. The number of para-hydroxylation sites is 1. The fourth-order valence-corrected chi connectivity index (χ4v) is 4.02. The summed E-state index contributed by atoms with van der Waals surface area (Å²) in [7, 11) is 2.89. The van der Waals surface area contributed by atoms with Crippen LogP contribution in [0.2, 0.25) is 0 Å². The van der Waals surface area contributed by atoms with Crippen LogP contribution < -0.4 is 26.4 Å². The van der Waals surface area contributed by atoms with E-state index in [1.165, 1.54) is 19.5 Å². The van der Waals surface area contributed by atoms with Gasteiger partial charge in [-0.25, -0.2) is 4.98 Å². The number of benzene rings is 1. The summed E-state index contributed by atoms with van der Waals surface area (Å²) >= 11 is 1.11. The maximum atomic E-state index is 12.4. The van der Waals surface area contributed by atoms with Crippen molar-refractivity contribution in [2.45, 2.75) is 18.9 Å². The predicted molar refractivity (Wildman–Crippen MR) is 145 cm³/mol. The Morgan fingerprint density at radius 3 is 2.62 bits per heavy atom. The predicted octanol–water partition coefficient (Wildman–Crippen LogP) is -0.491. The number of amides is 3. The number of aromatic nitrogens is 1. The average Bonchev–Trinajstić information content (AvgIpc) is 3.63. The number of aliphatic imine (C=N–C) groups is 1. The monoisotopic (exact) mass is 575 g/mol. The molecule has 1 aliphatic carbocycles. The van der Waals surface area contributed by atoms with Crippen molar-refractivity contribution in [2.75, 3.05) is 32.7 Å². The lowest BCUT2D eigenvalue weighted by Gasteiger charge is -2.19. The number of anilines is 1. The van der Waals surface area contributed by atoms with Gasteiger partial charge in [0.15, 0.2) is 10.8 Å². The van der Waals surface area contributed by atoms with Crippen molar-refractivity contribution >= 4 is 46.3 Å². The molecule has 1 aromatic carbocycles. The molecule has 0 radical (unpaired) electrons. The van der Waals surface area contributed by atoms with Gasteiger partial charge in [0.1, 0.15) is 11.5 Å². The summed E-state index contributed by atoms with van der Waals surface area (Å²) in [6, 6.07) is 4.84. The number of rotatable bonds is 13. The molecule has 3 rings (SSSR count). The Balaban J connectivity index is 1.95. The molecule has 15 nitrogen and oxygen atoms in total. The lowest BCUT2D eigenvalue weighted by atomic mass is 10.1. The summed E-state index contributed by atoms with van der Waals surface area (Å²) in [5.74, 6) is -2.57. The molecule has 1 fully saturated rings. The number of nitrogens with zero attached hydrogens (tertiary/aromatic N) is 2. The first-order valence-corrected chi connectivity index (χ1v) is 12.7. The van der Waals surface area contributed by atoms with Gasteiger partial charge in [0.2, 0.25) is 0 Å². The van der Waals surface area contributed by atoms with Crippen LogP contribution >= 0.6 is 11.3 Å². The van der Waals surface area contributed by atoms with Crippen LogP contribution in [0.15, 0.2) is 40.3 Å². The number of carbonyl (C=O) groups is 3. The number of carbonyl (C=O) groups excluding carboxylic acids is 3. The molecule has 9 N–H and O–H groups in total. The van der Waals surface area contributed by atoms with Gasteiger partial charge < -0.3 is 41.2 Å². The number of aliphatic hydroxyl groups is 3. The molecule has 0 saturated heterocycles. The minimum absolute atomic E-state index is 0.204. The van der Waals surface area contributed by atoms with E-state index in [1.54, 1.807) is 23.6 Å². The normalized spacial score (nSPS) is 13.9. The molecule has 0 spiro atoms. The van der Waals surface area contributed by atoms with Crippen LogP contribution in [0.25, 0.3) is 11.3 Å². The Labute approximate surface area is 232 Å². The minimum atomic E-state index is -3.59. The lowest BCUT2D eigenvalue weighted by Crippen LogP contribution is -2.51. The number of nitrogens with two attached hydrogens (primary N) is 1. The van der Waals surface area contributed by atoms with Crippen molar-refractivity contribution in [1.82, 2.24) is 15.6 Å². The van der Waals surface area contributed by atoms with Gasteiger partial charge in [0.25, 0.3) is 17.7 Å². The zero-order chi connectivity index (χ0) is 29.4. The van der Waals surface area contributed by atoms with Gasteiger partial charge in [-0.1, -0.05) is 6.07 Å². The van der Waals surface area contributed by atoms with Crippen molar-refractivity contribution in [3.05, 3.63) is 40.4 Å². The Bertz CT molecular complexity index is 1340. The van der Waals surface area contributed by atoms with Crippen molar-refractivity contribution in [3.63, 3.8) is 0 Å². The molecule has 2 aromatic rings. The summed E-state index contributed by atoms with van der Waals surface area (Å²) in [6.07, 6.45) is -1.18. The molecular formula is C24H29N7O8S. The van der Waals surface area contributed by atoms with E-state index < -0.39 is 23.6 Å². The highest BCUT2D eigenvalue weighted by atomic mass is 32.1. The molecule has 16 heteroatoms. The van der Waals surface area contributed by atoms with Crippen molar-refractivity contribution in [3.8, 4) is 17.0 Å². The van der Waals surface area contributed by atoms with E-state index >= 15 is 0 Å². The first kappa shape index (κ1) is 30.3. The summed E-state index contributed by atoms with van der Waals surface area (Å²) in [5, 5.41) is 44.3. The molecule has 0 aliphatic heterocycles. The summed E-state index contributed by atoms with van der Waals surface area (Å²) in [6.45, 7) is 0.651. The Morgan fingerprint density at radius 2 is 2.00 bits per heavy atom. The molecule has 0 unspecified atom stereocenters. The number of ether oxygens (including phenoxy) is 2. The second-order valence-electron chi connectivity index (χ2n) is 8.47. The second-order valence-corrected chi connectivity index (χ2v) is 9.33. The highest BCUT2D eigenvalue weighted by molar-refractivity contribution is 7.12. The topological polar surface area (TPSA) is 242 Å². The third kappa shape index (κ3) is 8.39. The van der Waals surface area contributed by atoms with E-state index in [1.807, 2.05) is 0 Å². The number of hydrogen-bond donors (Lipinski definition) is 8. The van der Waals surface area contributed by atoms with Gasteiger partial charge in [0, 0.05) is 36.6 Å². The van der Waals surface area contributed by atoms with Gasteiger partial charge in [0.05, 0.1) is 30.8 Å². The number of nitrogens with one attached hydrogen (secondary N) is 4. The van der Waals surface area contributed by atoms with E-state index in [2.05, 4.69) is 20.6 Å². The van der Waals surface area contributed by atoms with E-state index in [4.69, 9.17) is 35.9 Å². The first-order valence-electron chi connectivity index (χ1n) is 11.8. The van der Waals surface area contributed by atoms with Crippen LogP contribution in [0.5, 0.6) is 5.75 Å². The maximum Gasteiger partial charge on any atom is 0.369 e. The third-order valence-electron chi connectivity index (χ3n) is 5.29. The molecule has 0 bridgehead atoms. The first-order chi connectivity index (χ1) is 18.9. The van der Waals surface area contributed by atoms with Gasteiger partial charge >= 0.3 is 6.10 Å². The molecule has 40 heavy (non-hydrogen) atoms. The third-order valence-corrected chi connectivity index (χ3v) is 6.13. The molecule has 1 heterocycles. The van der Waals surface area contributed by atoms with Crippen LogP contribution in [0, 0.1) is 11.3 Å². The molecule has 1 saturated carbocycles. The van der Waals surface area contributed by atoms with Gasteiger partial charge in [-0.3, -0.25) is 25.1 Å². The van der Waals surface area contributed by atoms with Gasteiger partial charge in [-0.2, -0.15) is 4.99 Å². The summed E-state index contributed by atoms with van der Waals surface area (Å²) in [5.41, 5.74) is 5.74.